The molecule has 0 aliphatic carbocycles. The van der Waals surface area contributed by atoms with Crippen molar-refractivity contribution >= 4 is 12.0 Å². The van der Waals surface area contributed by atoms with Gasteiger partial charge >= 0.3 is 5.97 Å². The minimum Gasteiger partial charge on any atom is -0.478 e. The lowest BCUT2D eigenvalue weighted by atomic mass is 10.2. The molecule has 2 heteroatoms. The van der Waals surface area contributed by atoms with Gasteiger partial charge in [0.15, 0.2) is 0 Å². The normalized spacial score (nSPS) is 8.93. The van der Waals surface area contributed by atoms with Gasteiger partial charge in [-0.1, -0.05) is 49.1 Å². The van der Waals surface area contributed by atoms with E-state index in [0.717, 1.165) is 6.08 Å². The maximum absolute atomic E-state index is 9.51. The predicted octanol–water partition coefficient (Wildman–Crippen LogP) is 2.98. The number of carbonyl (C=O) groups is 1. The Morgan fingerprint density at radius 3 is 2.14 bits per heavy atom. The molecule has 74 valence electrons. The van der Waals surface area contributed by atoms with Crippen LogP contribution in [0.25, 0.3) is 6.08 Å². The molecule has 0 spiro atoms. The zero-order valence-electron chi connectivity index (χ0n) is 8.18. The number of rotatable bonds is 2. The minimum absolute atomic E-state index is 0.891. The van der Waals surface area contributed by atoms with Crippen molar-refractivity contribution in [1.29, 1.82) is 0 Å². The number of hydrogen-bond donors (Lipinski definition) is 1. The molecule has 0 atom stereocenters. The minimum atomic E-state index is -0.891. The van der Waals surface area contributed by atoms with Crippen molar-refractivity contribution in [2.24, 2.45) is 0 Å². The molecule has 0 heterocycles. The number of carboxylic acids is 1. The highest BCUT2D eigenvalue weighted by atomic mass is 16.4. The quantitative estimate of drug-likeness (QED) is 0.728. The lowest BCUT2D eigenvalue weighted by molar-refractivity contribution is -0.131. The Hall–Kier alpha value is -1.83. The number of aliphatic carboxylic acids is 1. The highest BCUT2D eigenvalue weighted by molar-refractivity contribution is 5.79. The van der Waals surface area contributed by atoms with Crippen LogP contribution in [0.1, 0.15) is 12.5 Å². The molecule has 1 aromatic carbocycles. The van der Waals surface area contributed by atoms with Crippen molar-refractivity contribution in [2.45, 2.75) is 6.92 Å². The lowest BCUT2D eigenvalue weighted by Gasteiger charge is -1.85. The van der Waals surface area contributed by atoms with Gasteiger partial charge in [-0.25, -0.2) is 4.79 Å². The Bertz CT molecular complexity index is 299. The second-order valence-corrected chi connectivity index (χ2v) is 2.45. The van der Waals surface area contributed by atoms with E-state index in [0.29, 0.717) is 0 Å². The first-order valence-electron chi connectivity index (χ1n) is 4.23. The van der Waals surface area contributed by atoms with E-state index in [1.165, 1.54) is 11.6 Å². The third-order valence-electron chi connectivity index (χ3n) is 1.34. The topological polar surface area (TPSA) is 37.3 Å². The van der Waals surface area contributed by atoms with Gasteiger partial charge in [0, 0.05) is 6.08 Å². The molecule has 0 aliphatic rings. The van der Waals surface area contributed by atoms with Gasteiger partial charge in [-0.15, -0.1) is 0 Å². The van der Waals surface area contributed by atoms with E-state index in [2.05, 4.69) is 6.58 Å². The number of benzene rings is 1. The van der Waals surface area contributed by atoms with Crippen LogP contribution in [0.3, 0.4) is 0 Å². The van der Waals surface area contributed by atoms with Crippen molar-refractivity contribution in [3.8, 4) is 0 Å². The summed E-state index contributed by atoms with van der Waals surface area (Å²) in [5.41, 5.74) is 1.17. The maximum atomic E-state index is 9.51. The average Bonchev–Trinajstić information content (AvgIpc) is 2.20. The van der Waals surface area contributed by atoms with E-state index in [4.69, 9.17) is 5.11 Å². The van der Waals surface area contributed by atoms with Crippen molar-refractivity contribution in [3.05, 3.63) is 54.6 Å². The van der Waals surface area contributed by atoms with Gasteiger partial charge in [-0.3, -0.25) is 0 Å². The van der Waals surface area contributed by atoms with Gasteiger partial charge in [0.05, 0.1) is 0 Å². The van der Waals surface area contributed by atoms with Crippen LogP contribution < -0.4 is 0 Å². The maximum Gasteiger partial charge on any atom is 0.327 e. The summed E-state index contributed by atoms with van der Waals surface area (Å²) < 4.78 is 0. The molecule has 0 fully saturated rings. The molecule has 0 saturated heterocycles. The fourth-order valence-electron chi connectivity index (χ4n) is 0.732. The Labute approximate surface area is 84.2 Å². The average molecular weight is 190 g/mol. The summed E-state index contributed by atoms with van der Waals surface area (Å²) in [6.07, 6.45) is 4.39. The summed E-state index contributed by atoms with van der Waals surface area (Å²) >= 11 is 0. The van der Waals surface area contributed by atoms with E-state index in [1.807, 2.05) is 36.4 Å². The second kappa shape index (κ2) is 7.80. The van der Waals surface area contributed by atoms with Crippen LogP contribution >= 0.6 is 0 Å². The van der Waals surface area contributed by atoms with E-state index < -0.39 is 5.97 Å². The molecule has 0 saturated carbocycles. The Morgan fingerprint density at radius 1 is 1.36 bits per heavy atom. The number of allylic oxidation sites excluding steroid dienone is 1. The Kier molecular flexibility index (Phi) is 6.78. The van der Waals surface area contributed by atoms with Crippen LogP contribution in [0.4, 0.5) is 0 Å². The van der Waals surface area contributed by atoms with Crippen LogP contribution in [0.5, 0.6) is 0 Å². The van der Waals surface area contributed by atoms with Gasteiger partial charge in [-0.2, -0.15) is 0 Å². The third kappa shape index (κ3) is 6.85. The molecule has 0 unspecified atom stereocenters. The molecular weight excluding hydrogens is 176 g/mol. The molecule has 1 N–H and O–H groups in total. The number of hydrogen-bond acceptors (Lipinski definition) is 1. The molecule has 14 heavy (non-hydrogen) atoms. The van der Waals surface area contributed by atoms with Crippen LogP contribution in [0.15, 0.2) is 49.1 Å². The lowest BCUT2D eigenvalue weighted by Crippen LogP contribution is -1.83. The molecule has 0 bridgehead atoms. The van der Waals surface area contributed by atoms with Crippen molar-refractivity contribution in [2.75, 3.05) is 0 Å². The summed E-state index contributed by atoms with van der Waals surface area (Å²) in [7, 11) is 0. The fraction of sp³-hybridized carbons (Fsp3) is 0.0833. The molecule has 0 radical (unpaired) electrons. The molecular formula is C12H14O2. The van der Waals surface area contributed by atoms with Crippen molar-refractivity contribution in [1.82, 2.24) is 0 Å². The van der Waals surface area contributed by atoms with Crippen LogP contribution in [0, 0.1) is 0 Å². The Morgan fingerprint density at radius 2 is 1.93 bits per heavy atom. The molecule has 0 aliphatic heterocycles. The van der Waals surface area contributed by atoms with E-state index >= 15 is 0 Å². The highest BCUT2D eigenvalue weighted by Crippen LogP contribution is 1.97. The van der Waals surface area contributed by atoms with Crippen molar-refractivity contribution in [3.63, 3.8) is 0 Å². The SMILES string of the molecule is C=Cc1ccccc1.CC=CC(=O)O. The van der Waals surface area contributed by atoms with Crippen LogP contribution in [0.2, 0.25) is 0 Å². The summed E-state index contributed by atoms with van der Waals surface area (Å²) in [6, 6.07) is 10.0. The van der Waals surface area contributed by atoms with Gasteiger partial charge in [0.2, 0.25) is 0 Å². The van der Waals surface area contributed by atoms with E-state index in [-0.39, 0.29) is 0 Å². The Balaban J connectivity index is 0.000000255. The first-order valence-corrected chi connectivity index (χ1v) is 4.23. The summed E-state index contributed by atoms with van der Waals surface area (Å²) in [6.45, 7) is 5.29. The molecule has 0 amide bonds. The predicted molar refractivity (Wildman–Crippen MR) is 59.0 cm³/mol. The van der Waals surface area contributed by atoms with Gasteiger partial charge in [0.1, 0.15) is 0 Å². The van der Waals surface area contributed by atoms with E-state index in [9.17, 15) is 4.79 Å². The van der Waals surface area contributed by atoms with Crippen LogP contribution in [-0.2, 0) is 4.79 Å². The zero-order chi connectivity index (χ0) is 10.8. The zero-order valence-corrected chi connectivity index (χ0v) is 8.18. The second-order valence-electron chi connectivity index (χ2n) is 2.45. The number of carboxylic acid groups (broad SMARTS) is 1. The fourth-order valence-corrected chi connectivity index (χ4v) is 0.732. The van der Waals surface area contributed by atoms with Gasteiger partial charge in [-0.05, 0) is 12.5 Å². The monoisotopic (exact) mass is 190 g/mol. The van der Waals surface area contributed by atoms with E-state index in [1.54, 1.807) is 6.92 Å². The summed E-state index contributed by atoms with van der Waals surface area (Å²) in [4.78, 5) is 9.51. The summed E-state index contributed by atoms with van der Waals surface area (Å²) in [5, 5.41) is 7.83. The van der Waals surface area contributed by atoms with Crippen molar-refractivity contribution < 1.29 is 9.90 Å². The first kappa shape index (κ1) is 12.2. The van der Waals surface area contributed by atoms with Gasteiger partial charge < -0.3 is 5.11 Å². The van der Waals surface area contributed by atoms with Crippen LogP contribution in [-0.4, -0.2) is 11.1 Å². The molecule has 0 aromatic heterocycles. The highest BCUT2D eigenvalue weighted by Gasteiger charge is 1.77. The standard InChI is InChI=1S/C8H8.C4H6O2/c1-2-8-6-4-3-5-7-8;1-2-3-4(5)6/h2-7H,1H2;2-3H,1H3,(H,5,6). The first-order chi connectivity index (χ1) is 6.70. The summed E-state index contributed by atoms with van der Waals surface area (Å²) in [5.74, 6) is -0.891. The van der Waals surface area contributed by atoms with Gasteiger partial charge in [0.25, 0.3) is 0 Å². The molecule has 1 aromatic rings. The molecule has 1 rings (SSSR count). The molecule has 2 nitrogen and oxygen atoms in total. The largest absolute Gasteiger partial charge is 0.478 e. The smallest absolute Gasteiger partial charge is 0.327 e. The third-order valence-corrected chi connectivity index (χ3v) is 1.34.